The summed E-state index contributed by atoms with van der Waals surface area (Å²) in [4.78, 5) is 1.03. The zero-order valence-corrected chi connectivity index (χ0v) is 14.6. The molecule has 2 atom stereocenters. The van der Waals surface area contributed by atoms with Crippen molar-refractivity contribution in [1.29, 1.82) is 0 Å². The van der Waals surface area contributed by atoms with Crippen LogP contribution in [-0.4, -0.2) is 31.9 Å². The molecule has 1 saturated heterocycles. The third-order valence-corrected chi connectivity index (χ3v) is 7.54. The second kappa shape index (κ2) is 6.75. The van der Waals surface area contributed by atoms with E-state index in [1.54, 1.807) is 4.31 Å². The molecule has 0 aliphatic carbocycles. The first kappa shape index (κ1) is 17.9. The van der Waals surface area contributed by atoms with Crippen molar-refractivity contribution >= 4 is 33.8 Å². The second-order valence-electron chi connectivity index (χ2n) is 5.37. The number of nitrogens with zero attached hydrogens (tertiary/aromatic N) is 1. The van der Waals surface area contributed by atoms with Crippen LogP contribution in [0, 0.1) is 19.8 Å². The molecule has 0 spiro atoms. The van der Waals surface area contributed by atoms with Crippen molar-refractivity contribution in [2.75, 3.05) is 13.1 Å². The highest BCUT2D eigenvalue weighted by atomic mass is 35.5. The van der Waals surface area contributed by atoms with Gasteiger partial charge in [-0.3, -0.25) is 0 Å². The van der Waals surface area contributed by atoms with E-state index in [4.69, 9.17) is 5.73 Å². The van der Waals surface area contributed by atoms with E-state index in [1.165, 1.54) is 11.3 Å². The summed E-state index contributed by atoms with van der Waals surface area (Å²) >= 11 is 1.36. The first-order chi connectivity index (χ1) is 8.87. The lowest BCUT2D eigenvalue weighted by Crippen LogP contribution is -2.51. The van der Waals surface area contributed by atoms with Gasteiger partial charge in [-0.2, -0.15) is 4.31 Å². The van der Waals surface area contributed by atoms with Crippen molar-refractivity contribution in [3.05, 3.63) is 16.5 Å². The van der Waals surface area contributed by atoms with Crippen LogP contribution in [0.1, 0.15) is 30.2 Å². The number of halogens is 1. The van der Waals surface area contributed by atoms with Crippen molar-refractivity contribution in [3.8, 4) is 0 Å². The molecule has 2 N–H and O–H groups in total. The third-order valence-electron chi connectivity index (χ3n) is 3.84. The fraction of sp³-hybridized carbons (Fsp3) is 0.692. The molecule has 0 bridgehead atoms. The van der Waals surface area contributed by atoms with E-state index in [9.17, 15) is 8.42 Å². The summed E-state index contributed by atoms with van der Waals surface area (Å²) in [5.41, 5.74) is 6.64. The number of hydrogen-bond donors (Lipinski definition) is 1. The normalized spacial score (nSPS) is 24.4. The average molecular weight is 339 g/mol. The van der Waals surface area contributed by atoms with Gasteiger partial charge in [-0.1, -0.05) is 6.92 Å². The smallest absolute Gasteiger partial charge is 0.253 e. The molecule has 2 rings (SSSR count). The standard InChI is InChI=1S/C13H22N2O2S2.ClH/c1-9-5-4-6-15(12(9)8-14)19(16,17)13-10(2)7-11(3)18-13;/h7,9,12H,4-6,8,14H2,1-3H3;1H. The average Bonchev–Trinajstić information content (AvgIpc) is 2.68. The highest BCUT2D eigenvalue weighted by Crippen LogP contribution is 2.33. The summed E-state index contributed by atoms with van der Waals surface area (Å²) in [6, 6.07) is 1.86. The maximum Gasteiger partial charge on any atom is 0.253 e. The number of aryl methyl sites for hydroxylation is 2. The van der Waals surface area contributed by atoms with Gasteiger partial charge >= 0.3 is 0 Å². The molecule has 1 fully saturated rings. The highest BCUT2D eigenvalue weighted by Gasteiger charge is 2.37. The van der Waals surface area contributed by atoms with Crippen molar-refractivity contribution in [2.45, 2.75) is 43.9 Å². The Balaban J connectivity index is 0.00000200. The first-order valence-electron chi connectivity index (χ1n) is 6.67. The van der Waals surface area contributed by atoms with E-state index in [-0.39, 0.29) is 18.4 Å². The lowest BCUT2D eigenvalue weighted by Gasteiger charge is -2.38. The van der Waals surface area contributed by atoms with Crippen molar-refractivity contribution in [1.82, 2.24) is 4.31 Å². The number of piperidine rings is 1. The zero-order chi connectivity index (χ0) is 14.2. The molecule has 0 amide bonds. The van der Waals surface area contributed by atoms with E-state index in [0.29, 0.717) is 23.2 Å². The van der Waals surface area contributed by atoms with Crippen molar-refractivity contribution in [2.24, 2.45) is 11.7 Å². The van der Waals surface area contributed by atoms with Crippen LogP contribution < -0.4 is 5.73 Å². The molecule has 4 nitrogen and oxygen atoms in total. The Labute approximate surface area is 131 Å². The molecule has 0 radical (unpaired) electrons. The maximum absolute atomic E-state index is 12.8. The molecule has 1 aromatic heterocycles. The van der Waals surface area contributed by atoms with E-state index in [0.717, 1.165) is 23.3 Å². The quantitative estimate of drug-likeness (QED) is 0.921. The summed E-state index contributed by atoms with van der Waals surface area (Å²) in [7, 11) is -3.39. The predicted molar refractivity (Wildman–Crippen MR) is 86.2 cm³/mol. The number of hydrogen-bond acceptors (Lipinski definition) is 4. The van der Waals surface area contributed by atoms with Gasteiger partial charge in [0.25, 0.3) is 10.0 Å². The van der Waals surface area contributed by atoms with Gasteiger partial charge in [-0.05, 0) is 44.2 Å². The molecule has 7 heteroatoms. The van der Waals surface area contributed by atoms with Gasteiger partial charge in [0.05, 0.1) is 0 Å². The van der Waals surface area contributed by atoms with Crippen LogP contribution in [0.3, 0.4) is 0 Å². The summed E-state index contributed by atoms with van der Waals surface area (Å²) in [6.45, 7) is 6.87. The Bertz CT molecular complexity index is 557. The molecule has 116 valence electrons. The molecule has 2 heterocycles. The van der Waals surface area contributed by atoms with Crippen LogP contribution in [0.2, 0.25) is 0 Å². The zero-order valence-electron chi connectivity index (χ0n) is 12.1. The Kier molecular flexibility index (Phi) is 6.04. The van der Waals surface area contributed by atoms with E-state index in [2.05, 4.69) is 6.92 Å². The topological polar surface area (TPSA) is 63.4 Å². The summed E-state index contributed by atoms with van der Waals surface area (Å²) in [5.74, 6) is 0.329. The van der Waals surface area contributed by atoms with Gasteiger partial charge in [-0.15, -0.1) is 23.7 Å². The maximum atomic E-state index is 12.8. The summed E-state index contributed by atoms with van der Waals surface area (Å²) < 4.78 is 27.7. The van der Waals surface area contributed by atoms with Gasteiger partial charge in [-0.25, -0.2) is 8.42 Å². The van der Waals surface area contributed by atoms with Crippen LogP contribution in [0.15, 0.2) is 10.3 Å². The first-order valence-corrected chi connectivity index (χ1v) is 8.92. The van der Waals surface area contributed by atoms with E-state index >= 15 is 0 Å². The summed E-state index contributed by atoms with van der Waals surface area (Å²) in [5, 5.41) is 0. The SMILES string of the molecule is Cc1cc(C)c(S(=O)(=O)N2CCCC(C)C2CN)s1.Cl. The Morgan fingerprint density at radius 1 is 1.45 bits per heavy atom. The summed E-state index contributed by atoms with van der Waals surface area (Å²) in [6.07, 6.45) is 1.97. The van der Waals surface area contributed by atoms with E-state index < -0.39 is 10.0 Å². The Hall–Kier alpha value is -0.140. The number of rotatable bonds is 3. The highest BCUT2D eigenvalue weighted by molar-refractivity contribution is 7.91. The molecule has 1 aromatic rings. The monoisotopic (exact) mass is 338 g/mol. The van der Waals surface area contributed by atoms with Gasteiger partial charge in [0, 0.05) is 24.0 Å². The van der Waals surface area contributed by atoms with E-state index in [1.807, 2.05) is 19.9 Å². The second-order valence-corrected chi connectivity index (χ2v) is 8.71. The molecule has 1 aliphatic rings. The minimum Gasteiger partial charge on any atom is -0.329 e. The molecule has 1 aliphatic heterocycles. The van der Waals surface area contributed by atoms with Gasteiger partial charge < -0.3 is 5.73 Å². The predicted octanol–water partition coefficient (Wildman–Crippen LogP) is 2.53. The molecular formula is C13H23ClN2O2S2. The molecule has 2 unspecified atom stereocenters. The van der Waals surface area contributed by atoms with Crippen LogP contribution >= 0.6 is 23.7 Å². The third kappa shape index (κ3) is 3.20. The number of nitrogens with two attached hydrogens (primary N) is 1. The number of thiophene rings is 1. The fourth-order valence-electron chi connectivity index (χ4n) is 2.84. The lowest BCUT2D eigenvalue weighted by molar-refractivity contribution is 0.193. The largest absolute Gasteiger partial charge is 0.329 e. The van der Waals surface area contributed by atoms with Crippen LogP contribution in [0.4, 0.5) is 0 Å². The fourth-order valence-corrected chi connectivity index (χ4v) is 6.39. The Morgan fingerprint density at radius 2 is 2.10 bits per heavy atom. The minimum atomic E-state index is -3.39. The molecule has 20 heavy (non-hydrogen) atoms. The van der Waals surface area contributed by atoms with Gasteiger partial charge in [0.1, 0.15) is 4.21 Å². The van der Waals surface area contributed by atoms with Crippen LogP contribution in [0.5, 0.6) is 0 Å². The van der Waals surface area contributed by atoms with Crippen LogP contribution in [0.25, 0.3) is 0 Å². The molecular weight excluding hydrogens is 316 g/mol. The van der Waals surface area contributed by atoms with Gasteiger partial charge in [0.2, 0.25) is 0 Å². The van der Waals surface area contributed by atoms with Crippen molar-refractivity contribution in [3.63, 3.8) is 0 Å². The minimum absolute atomic E-state index is 0. The number of sulfonamides is 1. The lowest BCUT2D eigenvalue weighted by atomic mass is 9.93. The molecule has 0 saturated carbocycles. The Morgan fingerprint density at radius 3 is 2.60 bits per heavy atom. The van der Waals surface area contributed by atoms with Crippen molar-refractivity contribution < 1.29 is 8.42 Å². The molecule has 0 aromatic carbocycles. The van der Waals surface area contributed by atoms with Crippen LogP contribution in [-0.2, 0) is 10.0 Å². The van der Waals surface area contributed by atoms with Gasteiger partial charge in [0.15, 0.2) is 0 Å².